The van der Waals surface area contributed by atoms with Gasteiger partial charge in [-0.05, 0) is 89.1 Å². The zero-order valence-corrected chi connectivity index (χ0v) is 20.1. The van der Waals surface area contributed by atoms with Crippen molar-refractivity contribution in [1.82, 2.24) is 0 Å². The second-order valence-electron chi connectivity index (χ2n) is 6.51. The first-order valence-electron chi connectivity index (χ1n) is 8.91. The van der Waals surface area contributed by atoms with Crippen LogP contribution in [-0.2, 0) is 14.8 Å². The minimum atomic E-state index is -3.85. The first kappa shape index (κ1) is 23.2. The second-order valence-corrected chi connectivity index (χ2v) is 9.96. The molecule has 10 heteroatoms. The number of amides is 1. The van der Waals surface area contributed by atoms with Crippen molar-refractivity contribution in [3.05, 3.63) is 81.0 Å². The number of sulfonamides is 1. The Balaban J connectivity index is 1.61. The summed E-state index contributed by atoms with van der Waals surface area (Å²) < 4.78 is 47.4. The number of hydrogen-bond acceptors (Lipinski definition) is 4. The SMILES string of the molecule is Cc1cc(Br)cc(Br)c1OCC(=O)Nc1ccc(S(=O)(=O)Nc2ccc(F)cc2)cc1. The van der Waals surface area contributed by atoms with Gasteiger partial charge in [0.05, 0.1) is 9.37 Å². The number of aryl methyl sites for hydroxylation is 1. The molecule has 0 aromatic heterocycles. The van der Waals surface area contributed by atoms with Crippen molar-refractivity contribution in [2.45, 2.75) is 11.8 Å². The molecule has 3 aromatic rings. The van der Waals surface area contributed by atoms with E-state index in [1.54, 1.807) is 0 Å². The third kappa shape index (κ3) is 6.28. The van der Waals surface area contributed by atoms with E-state index in [-0.39, 0.29) is 17.2 Å². The van der Waals surface area contributed by atoms with E-state index in [2.05, 4.69) is 41.9 Å². The quantitative estimate of drug-likeness (QED) is 0.393. The van der Waals surface area contributed by atoms with Crippen LogP contribution in [0.4, 0.5) is 15.8 Å². The molecule has 1 amide bonds. The summed E-state index contributed by atoms with van der Waals surface area (Å²) in [5, 5.41) is 2.65. The Bertz CT molecular complexity index is 1180. The number of rotatable bonds is 7. The van der Waals surface area contributed by atoms with E-state index in [9.17, 15) is 17.6 Å². The topological polar surface area (TPSA) is 84.5 Å². The highest BCUT2D eigenvalue weighted by atomic mass is 79.9. The van der Waals surface area contributed by atoms with Crippen LogP contribution in [0.5, 0.6) is 5.75 Å². The van der Waals surface area contributed by atoms with Gasteiger partial charge in [-0.3, -0.25) is 9.52 Å². The van der Waals surface area contributed by atoms with Gasteiger partial charge in [0.15, 0.2) is 6.61 Å². The van der Waals surface area contributed by atoms with Crippen LogP contribution < -0.4 is 14.8 Å². The highest BCUT2D eigenvalue weighted by molar-refractivity contribution is 9.11. The molecule has 0 atom stereocenters. The molecular formula is C21H17Br2FN2O4S. The molecule has 31 heavy (non-hydrogen) atoms. The van der Waals surface area contributed by atoms with Gasteiger partial charge in [-0.1, -0.05) is 15.9 Å². The zero-order valence-electron chi connectivity index (χ0n) is 16.2. The Morgan fingerprint density at radius 2 is 1.61 bits per heavy atom. The van der Waals surface area contributed by atoms with Crippen molar-refractivity contribution in [3.8, 4) is 5.75 Å². The highest BCUT2D eigenvalue weighted by Gasteiger charge is 2.15. The van der Waals surface area contributed by atoms with Gasteiger partial charge in [0, 0.05) is 15.8 Å². The van der Waals surface area contributed by atoms with Crippen LogP contribution >= 0.6 is 31.9 Å². The third-order valence-electron chi connectivity index (χ3n) is 4.09. The Hall–Kier alpha value is -2.43. The molecule has 3 rings (SSSR count). The van der Waals surface area contributed by atoms with E-state index >= 15 is 0 Å². The number of hydrogen-bond donors (Lipinski definition) is 2. The monoisotopic (exact) mass is 570 g/mol. The van der Waals surface area contributed by atoms with E-state index in [1.165, 1.54) is 36.4 Å². The van der Waals surface area contributed by atoms with Crippen molar-refractivity contribution in [2.24, 2.45) is 0 Å². The fourth-order valence-electron chi connectivity index (χ4n) is 2.66. The van der Waals surface area contributed by atoms with Crippen molar-refractivity contribution < 1.29 is 22.3 Å². The van der Waals surface area contributed by atoms with Crippen molar-refractivity contribution >= 4 is 59.2 Å². The van der Waals surface area contributed by atoms with Crippen LogP contribution in [0.2, 0.25) is 0 Å². The molecule has 0 aliphatic carbocycles. The van der Waals surface area contributed by atoms with Gasteiger partial charge >= 0.3 is 0 Å². The van der Waals surface area contributed by atoms with E-state index in [1.807, 2.05) is 19.1 Å². The van der Waals surface area contributed by atoms with E-state index in [0.717, 1.165) is 26.6 Å². The largest absolute Gasteiger partial charge is 0.482 e. The predicted molar refractivity (Wildman–Crippen MR) is 124 cm³/mol. The lowest BCUT2D eigenvalue weighted by Crippen LogP contribution is -2.20. The predicted octanol–water partition coefficient (Wildman–Crippen LogP) is 5.48. The maximum absolute atomic E-state index is 13.0. The number of ether oxygens (including phenoxy) is 1. The van der Waals surface area contributed by atoms with Gasteiger partial charge in [-0.15, -0.1) is 0 Å². The average molecular weight is 572 g/mol. The summed E-state index contributed by atoms with van der Waals surface area (Å²) in [5.41, 5.74) is 1.52. The molecule has 0 fully saturated rings. The molecule has 0 bridgehead atoms. The summed E-state index contributed by atoms with van der Waals surface area (Å²) in [5.74, 6) is -0.296. The normalized spacial score (nSPS) is 11.1. The maximum Gasteiger partial charge on any atom is 0.262 e. The second kappa shape index (κ2) is 9.80. The zero-order chi connectivity index (χ0) is 22.6. The van der Waals surface area contributed by atoms with Crippen LogP contribution in [0.3, 0.4) is 0 Å². The first-order chi connectivity index (χ1) is 14.6. The highest BCUT2D eigenvalue weighted by Crippen LogP contribution is 2.32. The Morgan fingerprint density at radius 3 is 2.23 bits per heavy atom. The molecule has 0 aliphatic rings. The van der Waals surface area contributed by atoms with Gasteiger partial charge in [-0.2, -0.15) is 0 Å². The van der Waals surface area contributed by atoms with Gasteiger partial charge in [0.1, 0.15) is 11.6 Å². The summed E-state index contributed by atoms with van der Waals surface area (Å²) in [7, 11) is -3.85. The number of halogens is 3. The fourth-order valence-corrected chi connectivity index (χ4v) is 5.27. The van der Waals surface area contributed by atoms with E-state index in [0.29, 0.717) is 11.4 Å². The van der Waals surface area contributed by atoms with Crippen molar-refractivity contribution in [3.63, 3.8) is 0 Å². The Morgan fingerprint density at radius 1 is 1.00 bits per heavy atom. The standard InChI is InChI=1S/C21H17Br2FN2O4S/c1-13-10-14(22)11-19(23)21(13)30-12-20(27)25-16-6-8-18(9-7-16)31(28,29)26-17-4-2-15(24)3-5-17/h2-11,26H,12H2,1H3,(H,25,27). The number of carbonyl (C=O) groups excluding carboxylic acids is 1. The molecule has 3 aromatic carbocycles. The Labute approximate surface area is 196 Å². The summed E-state index contributed by atoms with van der Waals surface area (Å²) in [6.45, 7) is 1.65. The van der Waals surface area contributed by atoms with Crippen LogP contribution in [0.1, 0.15) is 5.56 Å². The molecule has 0 saturated carbocycles. The lowest BCUT2D eigenvalue weighted by Gasteiger charge is -2.12. The van der Waals surface area contributed by atoms with E-state index in [4.69, 9.17) is 4.74 Å². The van der Waals surface area contributed by atoms with Crippen molar-refractivity contribution in [1.29, 1.82) is 0 Å². The molecule has 2 N–H and O–H groups in total. The molecule has 162 valence electrons. The fraction of sp³-hybridized carbons (Fsp3) is 0.0952. The lowest BCUT2D eigenvalue weighted by molar-refractivity contribution is -0.118. The molecule has 0 heterocycles. The molecular weight excluding hydrogens is 555 g/mol. The summed E-state index contributed by atoms with van der Waals surface area (Å²) in [6.07, 6.45) is 0. The molecule has 6 nitrogen and oxygen atoms in total. The third-order valence-corrected chi connectivity index (χ3v) is 6.53. The molecule has 0 saturated heterocycles. The summed E-state index contributed by atoms with van der Waals surface area (Å²) >= 11 is 6.79. The van der Waals surface area contributed by atoms with Crippen LogP contribution in [0, 0.1) is 12.7 Å². The molecule has 0 radical (unpaired) electrons. The number of anilines is 2. The maximum atomic E-state index is 13.0. The van der Waals surface area contributed by atoms with Gasteiger partial charge in [0.25, 0.3) is 15.9 Å². The van der Waals surface area contributed by atoms with Crippen LogP contribution in [-0.4, -0.2) is 20.9 Å². The molecule has 0 aliphatic heterocycles. The van der Waals surface area contributed by atoms with Gasteiger partial charge in [-0.25, -0.2) is 12.8 Å². The lowest BCUT2D eigenvalue weighted by atomic mass is 10.2. The molecule has 0 spiro atoms. The minimum Gasteiger partial charge on any atom is -0.482 e. The van der Waals surface area contributed by atoms with Crippen LogP contribution in [0.25, 0.3) is 0 Å². The van der Waals surface area contributed by atoms with Gasteiger partial charge in [0.2, 0.25) is 0 Å². The minimum absolute atomic E-state index is 0.000455. The van der Waals surface area contributed by atoms with Crippen molar-refractivity contribution in [2.75, 3.05) is 16.6 Å². The summed E-state index contributed by atoms with van der Waals surface area (Å²) in [6, 6.07) is 14.3. The van der Waals surface area contributed by atoms with Gasteiger partial charge < -0.3 is 10.1 Å². The number of benzene rings is 3. The molecule has 0 unspecified atom stereocenters. The average Bonchev–Trinajstić information content (AvgIpc) is 2.69. The Kier molecular flexibility index (Phi) is 7.34. The summed E-state index contributed by atoms with van der Waals surface area (Å²) in [4.78, 5) is 12.2. The number of carbonyl (C=O) groups is 1. The number of nitrogens with one attached hydrogen (secondary N) is 2. The first-order valence-corrected chi connectivity index (χ1v) is 12.0. The van der Waals surface area contributed by atoms with Crippen LogP contribution in [0.15, 0.2) is 74.5 Å². The van der Waals surface area contributed by atoms with E-state index < -0.39 is 21.7 Å². The smallest absolute Gasteiger partial charge is 0.262 e.